The van der Waals surface area contributed by atoms with Gasteiger partial charge in [0, 0.05) is 74.8 Å². The zero-order chi connectivity index (χ0) is 24.9. The molecule has 1 saturated heterocycles. The molecule has 0 unspecified atom stereocenters. The average molecular weight is 482 g/mol. The molecule has 0 saturated carbocycles. The van der Waals surface area contributed by atoms with Crippen molar-refractivity contribution in [2.24, 2.45) is 0 Å². The number of nitrogens with zero attached hydrogens (tertiary/aromatic N) is 3. The second-order valence-electron chi connectivity index (χ2n) is 8.95. The van der Waals surface area contributed by atoms with Gasteiger partial charge in [0.05, 0.1) is 26.8 Å². The van der Waals surface area contributed by atoms with Gasteiger partial charge in [-0.1, -0.05) is 0 Å². The Morgan fingerprint density at radius 1 is 1.00 bits per heavy atom. The lowest BCUT2D eigenvalue weighted by atomic mass is 10.1. The zero-order valence-corrected chi connectivity index (χ0v) is 21.2. The summed E-state index contributed by atoms with van der Waals surface area (Å²) in [6.07, 6.45) is 0. The molecule has 0 amide bonds. The molecule has 1 aliphatic heterocycles. The number of nitrogens with one attached hydrogen (secondary N) is 2. The molecule has 1 aromatic heterocycles. The number of hydrogen-bond acceptors (Lipinski definition) is 8. The van der Waals surface area contributed by atoms with Crippen LogP contribution in [-0.2, 0) is 0 Å². The molecule has 188 valence electrons. The van der Waals surface area contributed by atoms with Gasteiger partial charge >= 0.3 is 0 Å². The highest BCUT2D eigenvalue weighted by Crippen LogP contribution is 2.32. The van der Waals surface area contributed by atoms with Gasteiger partial charge in [-0.15, -0.1) is 0 Å². The number of H-pyrrole nitrogens is 1. The number of hydrogen-bond donors (Lipinski definition) is 2. The van der Waals surface area contributed by atoms with Crippen LogP contribution in [0.2, 0.25) is 0 Å². The molecule has 2 N–H and O–H groups in total. The van der Waals surface area contributed by atoms with Gasteiger partial charge in [0.1, 0.15) is 28.5 Å². The minimum absolute atomic E-state index is 0.269. The first kappa shape index (κ1) is 24.8. The highest BCUT2D eigenvalue weighted by molar-refractivity contribution is 5.88. The summed E-state index contributed by atoms with van der Waals surface area (Å²) in [5.74, 6) is 2.19. The van der Waals surface area contributed by atoms with Crippen molar-refractivity contribution in [2.45, 2.75) is 19.9 Å². The maximum absolute atomic E-state index is 13.0. The Morgan fingerprint density at radius 2 is 1.74 bits per heavy atom. The molecule has 0 bridgehead atoms. The Morgan fingerprint density at radius 3 is 2.40 bits per heavy atom. The van der Waals surface area contributed by atoms with Crippen LogP contribution in [0.1, 0.15) is 13.8 Å². The minimum Gasteiger partial charge on any atom is -0.497 e. The Kier molecular flexibility index (Phi) is 7.77. The third-order valence-corrected chi connectivity index (χ3v) is 6.56. The molecule has 1 aliphatic rings. The van der Waals surface area contributed by atoms with Crippen LogP contribution in [0.15, 0.2) is 35.1 Å². The van der Waals surface area contributed by atoms with E-state index in [-0.39, 0.29) is 5.56 Å². The van der Waals surface area contributed by atoms with Crippen LogP contribution in [-0.4, -0.2) is 86.4 Å². The van der Waals surface area contributed by atoms with Gasteiger partial charge in [-0.25, -0.2) is 4.98 Å². The lowest BCUT2D eigenvalue weighted by Gasteiger charge is -2.37. The predicted molar refractivity (Wildman–Crippen MR) is 139 cm³/mol. The maximum Gasteiger partial charge on any atom is 0.262 e. The van der Waals surface area contributed by atoms with E-state index in [9.17, 15) is 4.79 Å². The summed E-state index contributed by atoms with van der Waals surface area (Å²) in [4.78, 5) is 25.7. The van der Waals surface area contributed by atoms with Gasteiger partial charge in [-0.05, 0) is 26.0 Å². The average Bonchev–Trinajstić information content (AvgIpc) is 2.87. The van der Waals surface area contributed by atoms with Gasteiger partial charge in [0.25, 0.3) is 5.56 Å². The number of aromatic amines is 1. The number of benzene rings is 2. The monoisotopic (exact) mass is 481 g/mol. The van der Waals surface area contributed by atoms with Crippen LogP contribution in [0.25, 0.3) is 22.3 Å². The first-order chi connectivity index (χ1) is 16.9. The fourth-order valence-corrected chi connectivity index (χ4v) is 4.47. The molecule has 3 aromatic rings. The number of piperazine rings is 1. The van der Waals surface area contributed by atoms with Crippen molar-refractivity contribution in [3.8, 4) is 28.6 Å². The van der Waals surface area contributed by atoms with Crippen LogP contribution in [0.3, 0.4) is 0 Å². The van der Waals surface area contributed by atoms with E-state index in [0.29, 0.717) is 34.3 Å². The minimum atomic E-state index is -0.269. The summed E-state index contributed by atoms with van der Waals surface area (Å²) in [5.41, 5.74) is 1.87. The molecule has 1 fully saturated rings. The SMILES string of the molecule is COc1ccc(-c2nc3cc(OC)cc(OC)c3c(=O)[nH]2)c(NCCN2CCN(C(C)C)CC2)c1. The maximum atomic E-state index is 13.0. The molecule has 0 atom stereocenters. The Bertz CT molecular complexity index is 1220. The first-order valence-electron chi connectivity index (χ1n) is 12.0. The van der Waals surface area contributed by atoms with Crippen molar-refractivity contribution in [2.75, 3.05) is 65.9 Å². The number of anilines is 1. The molecule has 0 spiro atoms. The van der Waals surface area contributed by atoms with Crippen molar-refractivity contribution in [3.05, 3.63) is 40.7 Å². The standard InChI is InChI=1S/C26H35N5O4/c1-17(2)31-12-10-30(11-13-31)9-8-27-21-14-18(33-3)6-7-20(21)25-28-22-15-19(34-4)16-23(35-5)24(22)26(32)29-25/h6-7,14-17,27H,8-13H2,1-5H3,(H,28,29,32). The van der Waals surface area contributed by atoms with Gasteiger partial charge in [0.2, 0.25) is 0 Å². The van der Waals surface area contributed by atoms with Crippen molar-refractivity contribution < 1.29 is 14.2 Å². The largest absolute Gasteiger partial charge is 0.497 e. The van der Waals surface area contributed by atoms with E-state index in [1.165, 1.54) is 7.11 Å². The van der Waals surface area contributed by atoms with Crippen molar-refractivity contribution >= 4 is 16.6 Å². The number of aromatic nitrogens is 2. The third-order valence-electron chi connectivity index (χ3n) is 6.56. The smallest absolute Gasteiger partial charge is 0.262 e. The topological polar surface area (TPSA) is 91.9 Å². The van der Waals surface area contributed by atoms with Crippen molar-refractivity contribution in [1.29, 1.82) is 0 Å². The van der Waals surface area contributed by atoms with Gasteiger partial charge in [0.15, 0.2) is 0 Å². The van der Waals surface area contributed by atoms with Gasteiger partial charge in [-0.3, -0.25) is 14.6 Å². The Hall–Kier alpha value is -3.30. The quantitative estimate of drug-likeness (QED) is 0.482. The molecule has 35 heavy (non-hydrogen) atoms. The summed E-state index contributed by atoms with van der Waals surface area (Å²) in [6, 6.07) is 9.71. The van der Waals surface area contributed by atoms with E-state index in [1.807, 2.05) is 18.2 Å². The number of rotatable bonds is 9. The zero-order valence-electron chi connectivity index (χ0n) is 21.2. The van der Waals surface area contributed by atoms with Crippen LogP contribution >= 0.6 is 0 Å². The molecule has 0 aliphatic carbocycles. The molecule has 9 nitrogen and oxygen atoms in total. The molecule has 2 heterocycles. The normalized spacial score (nSPS) is 14.9. The van der Waals surface area contributed by atoms with E-state index in [4.69, 9.17) is 19.2 Å². The molecule has 2 aromatic carbocycles. The van der Waals surface area contributed by atoms with Crippen molar-refractivity contribution in [3.63, 3.8) is 0 Å². The first-order valence-corrected chi connectivity index (χ1v) is 12.0. The highest BCUT2D eigenvalue weighted by Gasteiger charge is 2.19. The number of methoxy groups -OCH3 is 3. The fraction of sp³-hybridized carbons (Fsp3) is 0.462. The van der Waals surface area contributed by atoms with Crippen LogP contribution in [0, 0.1) is 0 Å². The summed E-state index contributed by atoms with van der Waals surface area (Å²) >= 11 is 0. The summed E-state index contributed by atoms with van der Waals surface area (Å²) in [5, 5.41) is 3.92. The van der Waals surface area contributed by atoms with Gasteiger partial charge in [-0.2, -0.15) is 0 Å². The van der Waals surface area contributed by atoms with E-state index in [2.05, 4.69) is 33.9 Å². The van der Waals surface area contributed by atoms with Gasteiger partial charge < -0.3 is 24.5 Å². The third kappa shape index (κ3) is 5.52. The second kappa shape index (κ2) is 11.0. The van der Waals surface area contributed by atoms with Crippen molar-refractivity contribution in [1.82, 2.24) is 19.8 Å². The van der Waals surface area contributed by atoms with E-state index in [1.54, 1.807) is 26.4 Å². The molecular formula is C26H35N5O4. The Balaban J connectivity index is 1.59. The fourth-order valence-electron chi connectivity index (χ4n) is 4.47. The van der Waals surface area contributed by atoms with E-state index in [0.717, 1.165) is 56.3 Å². The summed E-state index contributed by atoms with van der Waals surface area (Å²) in [6.45, 7) is 10.5. The molecule has 4 rings (SSSR count). The highest BCUT2D eigenvalue weighted by atomic mass is 16.5. The molecule has 0 radical (unpaired) electrons. The van der Waals surface area contributed by atoms with Crippen LogP contribution in [0.4, 0.5) is 5.69 Å². The lowest BCUT2D eigenvalue weighted by Crippen LogP contribution is -2.49. The molecule has 9 heteroatoms. The van der Waals surface area contributed by atoms with E-state index < -0.39 is 0 Å². The summed E-state index contributed by atoms with van der Waals surface area (Å²) < 4.78 is 16.2. The predicted octanol–water partition coefficient (Wildman–Crippen LogP) is 3.05. The number of fused-ring (bicyclic) bond motifs is 1. The number of ether oxygens (including phenoxy) is 3. The van der Waals surface area contributed by atoms with E-state index >= 15 is 0 Å². The second-order valence-corrected chi connectivity index (χ2v) is 8.95. The lowest BCUT2D eigenvalue weighted by molar-refractivity contribution is 0.111. The Labute approximate surface area is 206 Å². The molecular weight excluding hydrogens is 446 g/mol. The van der Waals surface area contributed by atoms with Crippen LogP contribution < -0.4 is 25.1 Å². The van der Waals surface area contributed by atoms with Crippen LogP contribution in [0.5, 0.6) is 17.2 Å². The summed E-state index contributed by atoms with van der Waals surface area (Å²) in [7, 11) is 4.74.